The Morgan fingerprint density at radius 1 is 1.44 bits per heavy atom. The van der Waals surface area contributed by atoms with Gasteiger partial charge in [-0.15, -0.1) is 0 Å². The summed E-state index contributed by atoms with van der Waals surface area (Å²) in [5, 5.41) is 4.50. The summed E-state index contributed by atoms with van der Waals surface area (Å²) >= 11 is 5.67. The second-order valence-corrected chi connectivity index (χ2v) is 3.99. The fourth-order valence-electron chi connectivity index (χ4n) is 1.51. The lowest BCUT2D eigenvalue weighted by Crippen LogP contribution is -2.14. The van der Waals surface area contributed by atoms with Gasteiger partial charge in [-0.1, -0.05) is 17.7 Å². The molecule has 84 valence electrons. The molecular weight excluding hydrogens is 229 g/mol. The van der Waals surface area contributed by atoms with E-state index in [1.165, 1.54) is 6.07 Å². The fraction of sp³-hybridized carbons (Fsp3) is 0.182. The molecule has 0 aliphatic rings. The molecular formula is C11H11ClFN3. The molecule has 16 heavy (non-hydrogen) atoms. The van der Waals surface area contributed by atoms with E-state index in [4.69, 9.17) is 17.3 Å². The van der Waals surface area contributed by atoms with Crippen LogP contribution in [0, 0.1) is 5.82 Å². The Morgan fingerprint density at radius 3 is 2.75 bits per heavy atom. The van der Waals surface area contributed by atoms with Crippen LogP contribution in [0.15, 0.2) is 30.5 Å². The Labute approximate surface area is 97.6 Å². The Bertz CT molecular complexity index is 510. The van der Waals surface area contributed by atoms with Gasteiger partial charge in [0.2, 0.25) is 0 Å². The van der Waals surface area contributed by atoms with Crippen LogP contribution in [0.2, 0.25) is 5.02 Å². The summed E-state index contributed by atoms with van der Waals surface area (Å²) in [5.41, 5.74) is 6.94. The molecule has 0 aliphatic carbocycles. The molecule has 1 heterocycles. The highest BCUT2D eigenvalue weighted by atomic mass is 35.5. The van der Waals surface area contributed by atoms with Crippen LogP contribution < -0.4 is 5.73 Å². The first-order chi connectivity index (χ1) is 7.58. The molecule has 1 atom stereocenters. The van der Waals surface area contributed by atoms with Crippen molar-refractivity contribution in [2.24, 2.45) is 12.8 Å². The zero-order valence-electron chi connectivity index (χ0n) is 8.69. The van der Waals surface area contributed by atoms with Crippen molar-refractivity contribution < 1.29 is 4.39 Å². The lowest BCUT2D eigenvalue weighted by molar-refractivity contribution is 0.594. The van der Waals surface area contributed by atoms with E-state index in [-0.39, 0.29) is 0 Å². The van der Waals surface area contributed by atoms with Crippen molar-refractivity contribution in [3.63, 3.8) is 0 Å². The second kappa shape index (κ2) is 4.23. The van der Waals surface area contributed by atoms with Crippen LogP contribution in [0.5, 0.6) is 0 Å². The van der Waals surface area contributed by atoms with Crippen molar-refractivity contribution in [1.29, 1.82) is 0 Å². The van der Waals surface area contributed by atoms with Gasteiger partial charge < -0.3 is 5.73 Å². The van der Waals surface area contributed by atoms with E-state index in [9.17, 15) is 4.39 Å². The Morgan fingerprint density at radius 2 is 2.19 bits per heavy atom. The molecule has 2 aromatic rings. The van der Waals surface area contributed by atoms with Gasteiger partial charge in [-0.25, -0.2) is 4.39 Å². The minimum Gasteiger partial charge on any atom is -0.319 e. The van der Waals surface area contributed by atoms with Crippen LogP contribution in [0.3, 0.4) is 0 Å². The SMILES string of the molecule is Cn1ccc(C(N)c2ccc(Cl)cc2F)n1. The lowest BCUT2D eigenvalue weighted by atomic mass is 10.0. The maximum atomic E-state index is 13.6. The van der Waals surface area contributed by atoms with Crippen molar-refractivity contribution in [3.8, 4) is 0 Å². The smallest absolute Gasteiger partial charge is 0.129 e. The molecule has 3 nitrogen and oxygen atoms in total. The fourth-order valence-corrected chi connectivity index (χ4v) is 1.67. The molecule has 0 spiro atoms. The van der Waals surface area contributed by atoms with Crippen molar-refractivity contribution in [3.05, 3.63) is 52.6 Å². The first-order valence-electron chi connectivity index (χ1n) is 4.78. The van der Waals surface area contributed by atoms with Crippen molar-refractivity contribution in [1.82, 2.24) is 9.78 Å². The predicted molar refractivity (Wildman–Crippen MR) is 60.6 cm³/mol. The van der Waals surface area contributed by atoms with Gasteiger partial charge in [0.15, 0.2) is 0 Å². The van der Waals surface area contributed by atoms with Crippen molar-refractivity contribution in [2.75, 3.05) is 0 Å². The van der Waals surface area contributed by atoms with Gasteiger partial charge in [0.25, 0.3) is 0 Å². The third-order valence-corrected chi connectivity index (χ3v) is 2.59. The minimum absolute atomic E-state index is 0.356. The molecule has 5 heteroatoms. The molecule has 0 amide bonds. The van der Waals surface area contributed by atoms with E-state index < -0.39 is 11.9 Å². The molecule has 1 aromatic carbocycles. The lowest BCUT2D eigenvalue weighted by Gasteiger charge is -2.10. The molecule has 2 rings (SSSR count). The number of hydrogen-bond donors (Lipinski definition) is 1. The van der Waals surface area contributed by atoms with E-state index in [0.29, 0.717) is 16.3 Å². The highest BCUT2D eigenvalue weighted by molar-refractivity contribution is 6.30. The largest absolute Gasteiger partial charge is 0.319 e. The van der Waals surface area contributed by atoms with Crippen molar-refractivity contribution in [2.45, 2.75) is 6.04 Å². The quantitative estimate of drug-likeness (QED) is 0.874. The summed E-state index contributed by atoms with van der Waals surface area (Å²) in [6.45, 7) is 0. The number of nitrogens with zero attached hydrogens (tertiary/aromatic N) is 2. The first-order valence-corrected chi connectivity index (χ1v) is 5.16. The first kappa shape index (κ1) is 11.1. The molecule has 0 aliphatic heterocycles. The van der Waals surface area contributed by atoms with Crippen LogP contribution in [0.25, 0.3) is 0 Å². The van der Waals surface area contributed by atoms with E-state index in [1.807, 2.05) is 0 Å². The topological polar surface area (TPSA) is 43.8 Å². The minimum atomic E-state index is -0.571. The zero-order valence-corrected chi connectivity index (χ0v) is 9.45. The number of hydrogen-bond acceptors (Lipinski definition) is 2. The molecule has 1 unspecified atom stereocenters. The number of benzene rings is 1. The normalized spacial score (nSPS) is 12.8. The van der Waals surface area contributed by atoms with Crippen LogP contribution in [-0.4, -0.2) is 9.78 Å². The predicted octanol–water partition coefficient (Wildman–Crippen LogP) is 2.26. The van der Waals surface area contributed by atoms with Gasteiger partial charge in [0, 0.05) is 23.8 Å². The van der Waals surface area contributed by atoms with Gasteiger partial charge in [-0.3, -0.25) is 4.68 Å². The Balaban J connectivity index is 2.37. The van der Waals surface area contributed by atoms with Gasteiger partial charge in [-0.05, 0) is 18.2 Å². The average molecular weight is 240 g/mol. The summed E-state index contributed by atoms with van der Waals surface area (Å²) in [6.07, 6.45) is 1.77. The summed E-state index contributed by atoms with van der Waals surface area (Å²) < 4.78 is 15.2. The van der Waals surface area contributed by atoms with Gasteiger partial charge in [0.1, 0.15) is 5.82 Å². The molecule has 2 N–H and O–H groups in total. The van der Waals surface area contributed by atoms with Crippen molar-refractivity contribution >= 4 is 11.6 Å². The molecule has 0 saturated heterocycles. The number of rotatable bonds is 2. The van der Waals surface area contributed by atoms with Crippen LogP contribution in [0.4, 0.5) is 4.39 Å². The molecule has 0 fully saturated rings. The Kier molecular flexibility index (Phi) is 2.94. The van der Waals surface area contributed by atoms with Gasteiger partial charge in [-0.2, -0.15) is 5.10 Å². The van der Waals surface area contributed by atoms with Gasteiger partial charge in [0.05, 0.1) is 11.7 Å². The van der Waals surface area contributed by atoms with Crippen LogP contribution in [-0.2, 0) is 7.05 Å². The third-order valence-electron chi connectivity index (χ3n) is 2.35. The van der Waals surface area contributed by atoms with E-state index in [1.54, 1.807) is 36.1 Å². The van der Waals surface area contributed by atoms with E-state index in [0.717, 1.165) is 0 Å². The standard InChI is InChI=1S/C11H11ClFN3/c1-16-5-4-10(15-16)11(14)8-3-2-7(12)6-9(8)13/h2-6,11H,14H2,1H3. The highest BCUT2D eigenvalue weighted by Gasteiger charge is 2.15. The number of aryl methyl sites for hydroxylation is 1. The summed E-state index contributed by atoms with van der Waals surface area (Å²) in [5.74, 6) is -0.411. The third kappa shape index (κ3) is 2.08. The zero-order chi connectivity index (χ0) is 11.7. The summed E-state index contributed by atoms with van der Waals surface area (Å²) in [4.78, 5) is 0. The van der Waals surface area contributed by atoms with Crippen LogP contribution >= 0.6 is 11.6 Å². The Hall–Kier alpha value is -1.39. The maximum absolute atomic E-state index is 13.6. The number of aromatic nitrogens is 2. The maximum Gasteiger partial charge on any atom is 0.129 e. The van der Waals surface area contributed by atoms with Crippen LogP contribution in [0.1, 0.15) is 17.3 Å². The summed E-state index contributed by atoms with van der Waals surface area (Å²) in [6, 6.07) is 5.64. The highest BCUT2D eigenvalue weighted by Crippen LogP contribution is 2.23. The molecule has 0 bridgehead atoms. The monoisotopic (exact) mass is 239 g/mol. The van der Waals surface area contributed by atoms with E-state index in [2.05, 4.69) is 5.10 Å². The van der Waals surface area contributed by atoms with Gasteiger partial charge >= 0.3 is 0 Å². The number of nitrogens with two attached hydrogens (primary N) is 1. The average Bonchev–Trinajstić information content (AvgIpc) is 2.64. The molecule has 0 saturated carbocycles. The summed E-state index contributed by atoms with van der Waals surface area (Å²) in [7, 11) is 1.79. The molecule has 1 aromatic heterocycles. The van der Waals surface area contributed by atoms with E-state index >= 15 is 0 Å². The molecule has 0 radical (unpaired) electrons. The number of halogens is 2. The second-order valence-electron chi connectivity index (χ2n) is 3.56.